The Bertz CT molecular complexity index is 489. The number of hydrogen-bond donors (Lipinski definition) is 0. The monoisotopic (exact) mass is 304 g/mol. The molecule has 3 rings (SSSR count). The van der Waals surface area contributed by atoms with Gasteiger partial charge in [-0.2, -0.15) is 0 Å². The minimum absolute atomic E-state index is 0.282. The molecular weight excluding hydrogens is 280 g/mol. The Labute approximate surface area is 131 Å². The lowest BCUT2D eigenvalue weighted by molar-refractivity contribution is 0.0601. The molecule has 5 heteroatoms. The predicted molar refractivity (Wildman–Crippen MR) is 85.4 cm³/mol. The molecule has 0 aromatic heterocycles. The van der Waals surface area contributed by atoms with E-state index in [9.17, 15) is 4.79 Å². The Hall–Kier alpha value is -1.59. The van der Waals surface area contributed by atoms with Crippen molar-refractivity contribution in [3.8, 4) is 0 Å². The zero-order chi connectivity index (χ0) is 15.4. The summed E-state index contributed by atoms with van der Waals surface area (Å²) in [5.41, 5.74) is 1.78. The molecular formula is C17H24N2O3. The van der Waals surface area contributed by atoms with Crippen LogP contribution < -0.4 is 4.90 Å². The lowest BCUT2D eigenvalue weighted by atomic mass is 10.1. The molecule has 0 aliphatic carbocycles. The van der Waals surface area contributed by atoms with Gasteiger partial charge in [0.25, 0.3) is 0 Å². The SMILES string of the molecule is COC(=O)c1ccc(N2CCN(C[C@H]3CCOC3)CC2)cc1. The van der Waals surface area contributed by atoms with Crippen molar-refractivity contribution in [3.63, 3.8) is 0 Å². The molecule has 0 N–H and O–H groups in total. The van der Waals surface area contributed by atoms with E-state index in [1.807, 2.05) is 24.3 Å². The van der Waals surface area contributed by atoms with E-state index in [1.165, 1.54) is 19.2 Å². The van der Waals surface area contributed by atoms with Crippen molar-refractivity contribution in [1.82, 2.24) is 4.90 Å². The first kappa shape index (κ1) is 15.3. The summed E-state index contributed by atoms with van der Waals surface area (Å²) in [7, 11) is 1.41. The molecule has 1 aromatic carbocycles. The summed E-state index contributed by atoms with van der Waals surface area (Å²) in [6.07, 6.45) is 1.20. The molecule has 0 saturated carbocycles. The molecule has 2 saturated heterocycles. The van der Waals surface area contributed by atoms with Crippen LogP contribution in [-0.2, 0) is 9.47 Å². The molecule has 5 nitrogen and oxygen atoms in total. The van der Waals surface area contributed by atoms with Gasteiger partial charge in [-0.05, 0) is 36.6 Å². The summed E-state index contributed by atoms with van der Waals surface area (Å²) < 4.78 is 10.2. The van der Waals surface area contributed by atoms with Gasteiger partial charge in [0, 0.05) is 45.0 Å². The second-order valence-corrected chi connectivity index (χ2v) is 6.06. The van der Waals surface area contributed by atoms with Crippen LogP contribution >= 0.6 is 0 Å². The van der Waals surface area contributed by atoms with Crippen LogP contribution in [0.5, 0.6) is 0 Å². The molecule has 1 aromatic rings. The lowest BCUT2D eigenvalue weighted by Crippen LogP contribution is -2.47. The van der Waals surface area contributed by atoms with Crippen LogP contribution in [0.3, 0.4) is 0 Å². The van der Waals surface area contributed by atoms with Crippen LogP contribution in [0.2, 0.25) is 0 Å². The summed E-state index contributed by atoms with van der Waals surface area (Å²) in [6, 6.07) is 7.69. The summed E-state index contributed by atoms with van der Waals surface area (Å²) in [5, 5.41) is 0. The lowest BCUT2D eigenvalue weighted by Gasteiger charge is -2.37. The number of anilines is 1. The third-order valence-electron chi connectivity index (χ3n) is 4.57. The van der Waals surface area contributed by atoms with E-state index < -0.39 is 0 Å². The first-order chi connectivity index (χ1) is 10.8. The molecule has 0 spiro atoms. The second-order valence-electron chi connectivity index (χ2n) is 6.06. The number of benzene rings is 1. The molecule has 0 unspecified atom stereocenters. The zero-order valence-electron chi connectivity index (χ0n) is 13.2. The van der Waals surface area contributed by atoms with Crippen molar-refractivity contribution in [2.75, 3.05) is 57.9 Å². The number of methoxy groups -OCH3 is 1. The topological polar surface area (TPSA) is 42.0 Å². The maximum Gasteiger partial charge on any atom is 0.337 e. The van der Waals surface area contributed by atoms with E-state index in [4.69, 9.17) is 9.47 Å². The van der Waals surface area contributed by atoms with Crippen LogP contribution in [0.4, 0.5) is 5.69 Å². The number of nitrogens with zero attached hydrogens (tertiary/aromatic N) is 2. The number of esters is 1. The predicted octanol–water partition coefficient (Wildman–Crippen LogP) is 1.63. The van der Waals surface area contributed by atoms with Crippen molar-refractivity contribution >= 4 is 11.7 Å². The number of hydrogen-bond acceptors (Lipinski definition) is 5. The van der Waals surface area contributed by atoms with Gasteiger partial charge in [-0.1, -0.05) is 0 Å². The van der Waals surface area contributed by atoms with Crippen molar-refractivity contribution in [2.45, 2.75) is 6.42 Å². The van der Waals surface area contributed by atoms with Crippen molar-refractivity contribution in [2.24, 2.45) is 5.92 Å². The molecule has 0 amide bonds. The highest BCUT2D eigenvalue weighted by atomic mass is 16.5. The highest BCUT2D eigenvalue weighted by molar-refractivity contribution is 5.89. The summed E-state index contributed by atoms with van der Waals surface area (Å²) in [6.45, 7) is 7.27. The van der Waals surface area contributed by atoms with Gasteiger partial charge in [-0.15, -0.1) is 0 Å². The summed E-state index contributed by atoms with van der Waals surface area (Å²) in [4.78, 5) is 16.4. The van der Waals surface area contributed by atoms with Gasteiger partial charge in [0.15, 0.2) is 0 Å². The summed E-state index contributed by atoms with van der Waals surface area (Å²) >= 11 is 0. The van der Waals surface area contributed by atoms with E-state index in [1.54, 1.807) is 0 Å². The van der Waals surface area contributed by atoms with Gasteiger partial charge < -0.3 is 14.4 Å². The van der Waals surface area contributed by atoms with E-state index in [2.05, 4.69) is 9.80 Å². The number of rotatable bonds is 4. The van der Waals surface area contributed by atoms with Gasteiger partial charge in [-0.25, -0.2) is 4.79 Å². The average molecular weight is 304 g/mol. The third kappa shape index (κ3) is 3.59. The van der Waals surface area contributed by atoms with Gasteiger partial charge in [0.1, 0.15) is 0 Å². The van der Waals surface area contributed by atoms with E-state index in [0.29, 0.717) is 11.5 Å². The first-order valence-corrected chi connectivity index (χ1v) is 7.99. The molecule has 0 radical (unpaired) electrons. The van der Waals surface area contributed by atoms with Gasteiger partial charge in [0.2, 0.25) is 0 Å². The first-order valence-electron chi connectivity index (χ1n) is 7.99. The second kappa shape index (κ2) is 7.11. The largest absolute Gasteiger partial charge is 0.465 e. The minimum atomic E-state index is -0.282. The normalized spacial score (nSPS) is 22.8. The van der Waals surface area contributed by atoms with Crippen molar-refractivity contribution in [3.05, 3.63) is 29.8 Å². The fourth-order valence-corrected chi connectivity index (χ4v) is 3.21. The summed E-state index contributed by atoms with van der Waals surface area (Å²) in [5.74, 6) is 0.432. The standard InChI is InChI=1S/C17H24N2O3/c1-21-17(20)15-2-4-16(5-3-15)19-9-7-18(8-10-19)12-14-6-11-22-13-14/h2-5,14H,6-13H2,1H3/t14-/m1/s1. The molecule has 120 valence electrons. The Morgan fingerprint density at radius 1 is 1.23 bits per heavy atom. The Morgan fingerprint density at radius 2 is 1.95 bits per heavy atom. The van der Waals surface area contributed by atoms with Crippen LogP contribution in [0.1, 0.15) is 16.8 Å². The van der Waals surface area contributed by atoms with E-state index in [-0.39, 0.29) is 5.97 Å². The quantitative estimate of drug-likeness (QED) is 0.791. The van der Waals surface area contributed by atoms with Gasteiger partial charge in [0.05, 0.1) is 19.3 Å². The van der Waals surface area contributed by atoms with Crippen molar-refractivity contribution < 1.29 is 14.3 Å². The number of carbonyl (C=O) groups excluding carboxylic acids is 1. The van der Waals surface area contributed by atoms with E-state index in [0.717, 1.165) is 45.9 Å². The number of piperazine rings is 1. The maximum atomic E-state index is 11.5. The Kier molecular flexibility index (Phi) is 4.95. The number of ether oxygens (including phenoxy) is 2. The highest BCUT2D eigenvalue weighted by Crippen LogP contribution is 2.19. The fourth-order valence-electron chi connectivity index (χ4n) is 3.21. The molecule has 0 bridgehead atoms. The van der Waals surface area contributed by atoms with Crippen LogP contribution in [0.25, 0.3) is 0 Å². The Morgan fingerprint density at radius 3 is 2.55 bits per heavy atom. The molecule has 22 heavy (non-hydrogen) atoms. The average Bonchev–Trinajstić information content (AvgIpc) is 3.08. The number of carbonyl (C=O) groups is 1. The molecule has 2 aliphatic heterocycles. The van der Waals surface area contributed by atoms with Crippen LogP contribution in [0.15, 0.2) is 24.3 Å². The fraction of sp³-hybridized carbons (Fsp3) is 0.588. The molecule has 2 fully saturated rings. The molecule has 1 atom stereocenters. The third-order valence-corrected chi connectivity index (χ3v) is 4.57. The van der Waals surface area contributed by atoms with Crippen LogP contribution in [0, 0.1) is 5.92 Å². The van der Waals surface area contributed by atoms with E-state index >= 15 is 0 Å². The van der Waals surface area contributed by atoms with Gasteiger partial charge in [-0.3, -0.25) is 4.90 Å². The molecule has 2 heterocycles. The van der Waals surface area contributed by atoms with Gasteiger partial charge >= 0.3 is 5.97 Å². The minimum Gasteiger partial charge on any atom is -0.465 e. The maximum absolute atomic E-state index is 11.5. The van der Waals surface area contributed by atoms with Crippen molar-refractivity contribution in [1.29, 1.82) is 0 Å². The highest BCUT2D eigenvalue weighted by Gasteiger charge is 2.22. The Balaban J connectivity index is 1.51. The smallest absolute Gasteiger partial charge is 0.337 e. The molecule has 2 aliphatic rings. The van der Waals surface area contributed by atoms with Crippen LogP contribution in [-0.4, -0.2) is 63.9 Å². The zero-order valence-corrected chi connectivity index (χ0v) is 13.2.